The average molecular weight is 407 g/mol. The maximum Gasteiger partial charge on any atom is 0.317 e. The van der Waals surface area contributed by atoms with E-state index in [2.05, 4.69) is 34.8 Å². The fraction of sp³-hybridized carbons (Fsp3) is 0.800. The molecule has 0 spiro atoms. The van der Waals surface area contributed by atoms with Crippen molar-refractivity contribution in [2.75, 3.05) is 19.6 Å². The lowest BCUT2D eigenvalue weighted by atomic mass is 9.91. The lowest BCUT2D eigenvalue weighted by molar-refractivity contribution is -0.0285. The molecule has 0 radical (unpaired) electrons. The van der Waals surface area contributed by atoms with Gasteiger partial charge in [-0.25, -0.2) is 9.48 Å². The number of rotatable bonds is 7. The van der Waals surface area contributed by atoms with Crippen LogP contribution in [-0.4, -0.2) is 68.2 Å². The van der Waals surface area contributed by atoms with Crippen LogP contribution in [-0.2, 0) is 6.54 Å². The van der Waals surface area contributed by atoms with E-state index in [1.807, 2.05) is 0 Å². The van der Waals surface area contributed by atoms with Crippen LogP contribution in [0.4, 0.5) is 4.79 Å². The molecule has 3 rings (SSSR count). The number of amides is 3. The fourth-order valence-corrected chi connectivity index (χ4v) is 3.97. The molecular weight excluding hydrogens is 372 g/mol. The summed E-state index contributed by atoms with van der Waals surface area (Å²) >= 11 is 0. The van der Waals surface area contributed by atoms with E-state index in [4.69, 9.17) is 0 Å². The van der Waals surface area contributed by atoms with Gasteiger partial charge in [0.25, 0.3) is 5.91 Å². The van der Waals surface area contributed by atoms with E-state index in [0.717, 1.165) is 32.1 Å². The van der Waals surface area contributed by atoms with Crippen LogP contribution in [0.25, 0.3) is 0 Å². The molecule has 3 amide bonds. The lowest BCUT2D eigenvalue weighted by Gasteiger charge is -2.37. The number of carbonyl (C=O) groups is 2. The molecule has 1 aromatic heterocycles. The normalized spacial score (nSPS) is 19.5. The van der Waals surface area contributed by atoms with Crippen LogP contribution in [0.2, 0.25) is 0 Å². The molecule has 9 heteroatoms. The van der Waals surface area contributed by atoms with Gasteiger partial charge < -0.3 is 20.6 Å². The van der Waals surface area contributed by atoms with Gasteiger partial charge in [0.2, 0.25) is 0 Å². The molecule has 2 fully saturated rings. The summed E-state index contributed by atoms with van der Waals surface area (Å²) < 4.78 is 1.53. The van der Waals surface area contributed by atoms with Gasteiger partial charge in [0.1, 0.15) is 0 Å². The zero-order valence-corrected chi connectivity index (χ0v) is 17.6. The number of nitrogens with zero attached hydrogens (tertiary/aromatic N) is 4. The number of carbonyl (C=O) groups excluding carboxylic acids is 2. The minimum absolute atomic E-state index is 0.0701. The third-order valence-electron chi connectivity index (χ3n) is 5.90. The number of hydrogen-bond acceptors (Lipinski definition) is 5. The number of aromatic nitrogens is 3. The highest BCUT2D eigenvalue weighted by molar-refractivity contribution is 5.92. The quantitative estimate of drug-likeness (QED) is 0.636. The van der Waals surface area contributed by atoms with E-state index >= 15 is 0 Å². The van der Waals surface area contributed by atoms with Crippen molar-refractivity contribution in [1.29, 1.82) is 0 Å². The first-order valence-electron chi connectivity index (χ1n) is 10.8. The van der Waals surface area contributed by atoms with Crippen molar-refractivity contribution in [1.82, 2.24) is 30.5 Å². The predicted octanol–water partition coefficient (Wildman–Crippen LogP) is 1.53. The molecule has 1 aliphatic heterocycles. The first-order valence-corrected chi connectivity index (χ1v) is 10.8. The maximum atomic E-state index is 12.3. The molecule has 1 saturated carbocycles. The molecule has 9 nitrogen and oxygen atoms in total. The van der Waals surface area contributed by atoms with Crippen LogP contribution in [0, 0.1) is 5.92 Å². The Balaban J connectivity index is 1.45. The van der Waals surface area contributed by atoms with Crippen LogP contribution in [0.1, 0.15) is 69.3 Å². The molecule has 1 aliphatic carbocycles. The van der Waals surface area contributed by atoms with Gasteiger partial charge in [0.15, 0.2) is 5.69 Å². The summed E-state index contributed by atoms with van der Waals surface area (Å²) in [6.07, 6.45) is 7.80. The summed E-state index contributed by atoms with van der Waals surface area (Å²) in [5.74, 6) is 0.345. The smallest absolute Gasteiger partial charge is 0.317 e. The average Bonchev–Trinajstić information content (AvgIpc) is 3.33. The second-order valence-corrected chi connectivity index (χ2v) is 8.88. The number of aliphatic hydroxyl groups is 1. The Bertz CT molecular complexity index is 690. The van der Waals surface area contributed by atoms with Crippen molar-refractivity contribution in [2.45, 2.75) is 77.0 Å². The first kappa shape index (κ1) is 21.5. The molecule has 3 N–H and O–H groups in total. The van der Waals surface area contributed by atoms with Crippen LogP contribution in [0.3, 0.4) is 0 Å². The molecule has 2 heterocycles. The van der Waals surface area contributed by atoms with Gasteiger partial charge in [-0.05, 0) is 38.0 Å². The second-order valence-electron chi connectivity index (χ2n) is 8.88. The van der Waals surface area contributed by atoms with Crippen molar-refractivity contribution in [3.8, 4) is 0 Å². The van der Waals surface area contributed by atoms with E-state index in [1.54, 1.807) is 11.1 Å². The van der Waals surface area contributed by atoms with Crippen LogP contribution in [0.15, 0.2) is 6.20 Å². The van der Waals surface area contributed by atoms with Gasteiger partial charge in [-0.2, -0.15) is 0 Å². The number of urea groups is 1. The monoisotopic (exact) mass is 406 g/mol. The van der Waals surface area contributed by atoms with E-state index in [0.29, 0.717) is 38.4 Å². The minimum atomic E-state index is -0.957. The Morgan fingerprint density at radius 1 is 1.28 bits per heavy atom. The van der Waals surface area contributed by atoms with Crippen molar-refractivity contribution in [2.24, 2.45) is 5.92 Å². The summed E-state index contributed by atoms with van der Waals surface area (Å²) in [6.45, 7) is 6.17. The zero-order chi connectivity index (χ0) is 20.9. The van der Waals surface area contributed by atoms with Gasteiger partial charge in [-0.15, -0.1) is 5.10 Å². The molecular formula is C20H34N6O3. The van der Waals surface area contributed by atoms with Gasteiger partial charge >= 0.3 is 6.03 Å². The number of nitrogens with one attached hydrogen (secondary N) is 2. The van der Waals surface area contributed by atoms with Crippen LogP contribution in [0.5, 0.6) is 0 Å². The zero-order valence-electron chi connectivity index (χ0n) is 17.6. The van der Waals surface area contributed by atoms with Crippen molar-refractivity contribution in [3.05, 3.63) is 11.9 Å². The Hall–Kier alpha value is -2.16. The standard InChI is InChI=1S/C20H34N6O3/c1-15(2)7-10-21-19(28)25-11-8-20(29,9-12-25)14-26-13-17(23-24-26)18(27)22-16-5-3-4-6-16/h13,15-16,29H,3-12,14H2,1-2H3,(H,21,28)(H,22,27). The molecule has 2 aliphatic rings. The Kier molecular flexibility index (Phi) is 7.10. The molecule has 0 atom stereocenters. The summed E-state index contributed by atoms with van der Waals surface area (Å²) in [5, 5.41) is 24.8. The topological polar surface area (TPSA) is 112 Å². The third-order valence-corrected chi connectivity index (χ3v) is 5.90. The largest absolute Gasteiger partial charge is 0.388 e. The summed E-state index contributed by atoms with van der Waals surface area (Å²) in [7, 11) is 0. The van der Waals surface area contributed by atoms with E-state index < -0.39 is 5.60 Å². The number of piperidine rings is 1. The highest BCUT2D eigenvalue weighted by Crippen LogP contribution is 2.24. The van der Waals surface area contributed by atoms with Gasteiger partial charge in [0, 0.05) is 25.7 Å². The predicted molar refractivity (Wildman–Crippen MR) is 108 cm³/mol. The molecule has 162 valence electrons. The van der Waals surface area contributed by atoms with Crippen LogP contribution < -0.4 is 10.6 Å². The molecule has 1 saturated heterocycles. The molecule has 0 aromatic carbocycles. The Labute approximate surface area is 172 Å². The molecule has 1 aromatic rings. The highest BCUT2D eigenvalue weighted by Gasteiger charge is 2.35. The summed E-state index contributed by atoms with van der Waals surface area (Å²) in [5.41, 5.74) is -0.677. The minimum Gasteiger partial charge on any atom is -0.388 e. The number of likely N-dealkylation sites (tertiary alicyclic amines) is 1. The molecule has 0 bridgehead atoms. The second kappa shape index (κ2) is 9.56. The summed E-state index contributed by atoms with van der Waals surface area (Å²) in [6, 6.07) is 0.159. The van der Waals surface area contributed by atoms with Crippen LogP contribution >= 0.6 is 0 Å². The molecule has 29 heavy (non-hydrogen) atoms. The van der Waals surface area contributed by atoms with E-state index in [9.17, 15) is 14.7 Å². The van der Waals surface area contributed by atoms with Crippen molar-refractivity contribution in [3.63, 3.8) is 0 Å². The SMILES string of the molecule is CC(C)CCNC(=O)N1CCC(O)(Cn2cc(C(=O)NC3CCCC3)nn2)CC1. The Morgan fingerprint density at radius 2 is 1.97 bits per heavy atom. The van der Waals surface area contributed by atoms with E-state index in [-0.39, 0.29) is 30.2 Å². The third kappa shape index (κ3) is 6.16. The highest BCUT2D eigenvalue weighted by atomic mass is 16.3. The number of hydrogen-bond donors (Lipinski definition) is 3. The van der Waals surface area contributed by atoms with Crippen molar-refractivity contribution >= 4 is 11.9 Å². The maximum absolute atomic E-state index is 12.3. The van der Waals surface area contributed by atoms with Gasteiger partial charge in [-0.1, -0.05) is 31.9 Å². The molecule has 0 unspecified atom stereocenters. The van der Waals surface area contributed by atoms with Gasteiger partial charge in [0.05, 0.1) is 18.3 Å². The summed E-state index contributed by atoms with van der Waals surface area (Å²) in [4.78, 5) is 26.3. The van der Waals surface area contributed by atoms with E-state index in [1.165, 1.54) is 4.68 Å². The lowest BCUT2D eigenvalue weighted by Crippen LogP contribution is -2.51. The Morgan fingerprint density at radius 3 is 2.62 bits per heavy atom. The van der Waals surface area contributed by atoms with Gasteiger partial charge in [-0.3, -0.25) is 4.79 Å². The van der Waals surface area contributed by atoms with Crippen molar-refractivity contribution < 1.29 is 14.7 Å². The fourth-order valence-electron chi connectivity index (χ4n) is 3.97. The first-order chi connectivity index (χ1) is 13.8.